The first-order valence-corrected chi connectivity index (χ1v) is 14.4. The number of hydrogen-bond acceptors (Lipinski definition) is 4. The molecule has 0 aromatic heterocycles. The van der Waals surface area contributed by atoms with E-state index in [2.05, 4.69) is 48.5 Å². The van der Waals surface area contributed by atoms with Crippen molar-refractivity contribution in [2.24, 2.45) is 57.7 Å². The number of carbonyl (C=O) groups is 1. The Morgan fingerprint density at radius 1 is 1.03 bits per heavy atom. The summed E-state index contributed by atoms with van der Waals surface area (Å²) in [6.07, 6.45) is 7.10. The van der Waals surface area contributed by atoms with Gasteiger partial charge in [-0.3, -0.25) is 4.79 Å². The topological polar surface area (TPSA) is 70.1 Å². The van der Waals surface area contributed by atoms with Gasteiger partial charge in [0.05, 0.1) is 17.6 Å². The molecule has 0 bridgehead atoms. The van der Waals surface area contributed by atoms with Crippen LogP contribution in [0, 0.1) is 57.7 Å². The summed E-state index contributed by atoms with van der Waals surface area (Å²) >= 11 is 0. The molecule has 4 aliphatic carbocycles. The Bertz CT molecular complexity index is 825. The fraction of sp³-hybridized carbons (Fsp3) is 0.967. The van der Waals surface area contributed by atoms with Crippen molar-refractivity contribution in [3.05, 3.63) is 0 Å². The standard InChI is InChI=1S/C30H50O4/c1-17(2)19(4)28(6)16-24(28)18(3)22-8-9-23(27(22,5)12-13-31)21-14-25-30(34-25)15-20(32)10-11-29(30,7)26(21)33/h17-25,31-32H,8-16H2,1-7H3/t18-,19+,20-,21-,22+,23-,24+,25-,27+,28+,29+,30-/m0/s1. The smallest absolute Gasteiger partial charge is 0.145 e. The highest BCUT2D eigenvalue weighted by molar-refractivity contribution is 5.90. The van der Waals surface area contributed by atoms with Crippen LogP contribution in [0.3, 0.4) is 0 Å². The lowest BCUT2D eigenvalue weighted by Crippen LogP contribution is -2.57. The summed E-state index contributed by atoms with van der Waals surface area (Å²) in [6.45, 7) is 16.9. The number of hydrogen-bond donors (Lipinski definition) is 2. The average Bonchev–Trinajstić information content (AvgIpc) is 3.63. The molecule has 5 rings (SSSR count). The second-order valence-corrected chi connectivity index (χ2v) is 14.4. The van der Waals surface area contributed by atoms with Gasteiger partial charge in [-0.25, -0.2) is 0 Å². The zero-order valence-corrected chi connectivity index (χ0v) is 22.8. The Kier molecular flexibility index (Phi) is 5.95. The molecule has 4 saturated carbocycles. The quantitative estimate of drug-likeness (QED) is 0.469. The van der Waals surface area contributed by atoms with E-state index >= 15 is 0 Å². The Balaban J connectivity index is 1.38. The van der Waals surface area contributed by atoms with Crippen LogP contribution >= 0.6 is 0 Å². The van der Waals surface area contributed by atoms with Gasteiger partial charge in [-0.1, -0.05) is 41.5 Å². The van der Waals surface area contributed by atoms with Crippen LogP contribution in [0.1, 0.15) is 99.8 Å². The molecule has 194 valence electrons. The van der Waals surface area contributed by atoms with Gasteiger partial charge in [-0.05, 0) is 98.2 Å². The van der Waals surface area contributed by atoms with Crippen molar-refractivity contribution in [3.63, 3.8) is 0 Å². The summed E-state index contributed by atoms with van der Waals surface area (Å²) in [4.78, 5) is 14.2. The van der Waals surface area contributed by atoms with Crippen molar-refractivity contribution in [3.8, 4) is 0 Å². The van der Waals surface area contributed by atoms with Crippen molar-refractivity contribution in [1.29, 1.82) is 0 Å². The third-order valence-corrected chi connectivity index (χ3v) is 12.9. The van der Waals surface area contributed by atoms with E-state index in [1.165, 1.54) is 12.8 Å². The zero-order chi connectivity index (χ0) is 24.8. The normalized spacial score (nSPS) is 53.9. The van der Waals surface area contributed by atoms with Crippen LogP contribution in [0.5, 0.6) is 0 Å². The Labute approximate surface area is 207 Å². The highest BCUT2D eigenvalue weighted by Crippen LogP contribution is 2.70. The molecule has 2 N–H and O–H groups in total. The molecule has 12 atom stereocenters. The fourth-order valence-corrected chi connectivity index (χ4v) is 10.1. The molecule has 0 unspecified atom stereocenters. The summed E-state index contributed by atoms with van der Waals surface area (Å²) in [7, 11) is 0. The Morgan fingerprint density at radius 3 is 2.38 bits per heavy atom. The van der Waals surface area contributed by atoms with Crippen molar-refractivity contribution in [2.45, 2.75) is 118 Å². The van der Waals surface area contributed by atoms with Gasteiger partial charge in [0.1, 0.15) is 11.4 Å². The third kappa shape index (κ3) is 3.29. The molecule has 5 aliphatic rings. The number of carbonyl (C=O) groups excluding carboxylic acids is 1. The zero-order valence-electron chi connectivity index (χ0n) is 22.8. The van der Waals surface area contributed by atoms with E-state index < -0.39 is 11.0 Å². The largest absolute Gasteiger partial charge is 0.396 e. The van der Waals surface area contributed by atoms with Crippen molar-refractivity contribution in [2.75, 3.05) is 6.61 Å². The number of aliphatic hydroxyl groups excluding tert-OH is 2. The minimum absolute atomic E-state index is 0.00150. The number of Topliss-reactive ketones (excluding diaryl/α,β-unsaturated/α-hetero) is 1. The van der Waals surface area contributed by atoms with Crippen LogP contribution < -0.4 is 0 Å². The van der Waals surface area contributed by atoms with Crippen LogP contribution in [0.2, 0.25) is 0 Å². The molecule has 1 saturated heterocycles. The summed E-state index contributed by atoms with van der Waals surface area (Å²) in [5.74, 6) is 4.15. The van der Waals surface area contributed by atoms with Crippen LogP contribution in [0.4, 0.5) is 0 Å². The minimum atomic E-state index is -0.453. The second-order valence-electron chi connectivity index (χ2n) is 14.4. The summed E-state index contributed by atoms with van der Waals surface area (Å²) in [6, 6.07) is 0. The van der Waals surface area contributed by atoms with Crippen LogP contribution in [0.25, 0.3) is 0 Å². The summed E-state index contributed by atoms with van der Waals surface area (Å²) in [5.41, 5.74) is -0.423. The highest BCUT2D eigenvalue weighted by atomic mass is 16.6. The number of ether oxygens (including phenoxy) is 1. The van der Waals surface area contributed by atoms with Gasteiger partial charge in [0.15, 0.2) is 0 Å². The summed E-state index contributed by atoms with van der Waals surface area (Å²) < 4.78 is 6.30. The molecule has 0 amide bonds. The molecule has 1 spiro atoms. The first-order chi connectivity index (χ1) is 15.9. The molecule has 0 aromatic carbocycles. The second kappa shape index (κ2) is 8.02. The number of aliphatic hydroxyl groups is 2. The number of rotatable bonds is 7. The average molecular weight is 475 g/mol. The lowest BCUT2D eigenvalue weighted by Gasteiger charge is -2.49. The lowest BCUT2D eigenvalue weighted by molar-refractivity contribution is -0.147. The lowest BCUT2D eigenvalue weighted by atomic mass is 9.52. The number of epoxide rings is 1. The van der Waals surface area contributed by atoms with Crippen molar-refractivity contribution < 1.29 is 19.7 Å². The van der Waals surface area contributed by atoms with Gasteiger partial charge in [0.25, 0.3) is 0 Å². The molecular formula is C30H50O4. The van der Waals surface area contributed by atoms with Gasteiger partial charge in [0, 0.05) is 18.9 Å². The van der Waals surface area contributed by atoms with E-state index in [9.17, 15) is 15.0 Å². The summed E-state index contributed by atoms with van der Waals surface area (Å²) in [5, 5.41) is 20.5. The Hall–Kier alpha value is -0.450. The van der Waals surface area contributed by atoms with Gasteiger partial charge in [0.2, 0.25) is 0 Å². The molecule has 1 aliphatic heterocycles. The molecule has 0 aromatic rings. The van der Waals surface area contributed by atoms with Crippen molar-refractivity contribution >= 4 is 5.78 Å². The maximum atomic E-state index is 14.2. The Morgan fingerprint density at radius 2 is 1.74 bits per heavy atom. The fourth-order valence-electron chi connectivity index (χ4n) is 10.1. The predicted molar refractivity (Wildman–Crippen MR) is 134 cm³/mol. The van der Waals surface area contributed by atoms with Crippen LogP contribution in [-0.2, 0) is 9.53 Å². The van der Waals surface area contributed by atoms with E-state index in [0.29, 0.717) is 47.7 Å². The first-order valence-electron chi connectivity index (χ1n) is 14.4. The monoisotopic (exact) mass is 474 g/mol. The van der Waals surface area contributed by atoms with Gasteiger partial charge < -0.3 is 14.9 Å². The predicted octanol–water partition coefficient (Wildman–Crippen LogP) is 5.63. The molecule has 1 heterocycles. The first kappa shape index (κ1) is 25.2. The van der Waals surface area contributed by atoms with Crippen LogP contribution in [0.15, 0.2) is 0 Å². The van der Waals surface area contributed by atoms with E-state index in [4.69, 9.17) is 4.74 Å². The minimum Gasteiger partial charge on any atom is -0.396 e. The van der Waals surface area contributed by atoms with E-state index in [-0.39, 0.29) is 30.1 Å². The molecule has 34 heavy (non-hydrogen) atoms. The van der Waals surface area contributed by atoms with Gasteiger partial charge >= 0.3 is 0 Å². The maximum absolute atomic E-state index is 14.2. The van der Waals surface area contributed by atoms with Crippen LogP contribution in [-0.4, -0.2) is 40.4 Å². The van der Waals surface area contributed by atoms with E-state index in [1.54, 1.807) is 0 Å². The van der Waals surface area contributed by atoms with E-state index in [0.717, 1.165) is 37.5 Å². The van der Waals surface area contributed by atoms with Gasteiger partial charge in [-0.2, -0.15) is 0 Å². The maximum Gasteiger partial charge on any atom is 0.145 e. The third-order valence-electron chi connectivity index (χ3n) is 12.9. The molecular weight excluding hydrogens is 424 g/mol. The number of ketones is 1. The van der Waals surface area contributed by atoms with Crippen molar-refractivity contribution in [1.82, 2.24) is 0 Å². The SMILES string of the molecule is CC(C)[C@@H](C)[C@@]1(C)C[C@@H]1[C@@H](C)[C@H]1CC[C@@H]([C@@H]2C[C@@H]3O[C@@]34C[C@@H](O)CC[C@]4(C)C2=O)[C@]1(C)CCO. The highest BCUT2D eigenvalue weighted by Gasteiger charge is 2.76. The molecule has 4 nitrogen and oxygen atoms in total. The molecule has 0 radical (unpaired) electrons. The molecule has 4 heteroatoms. The van der Waals surface area contributed by atoms with E-state index in [1.807, 2.05) is 0 Å². The van der Waals surface area contributed by atoms with Gasteiger partial charge in [-0.15, -0.1) is 0 Å². The molecule has 5 fully saturated rings.